The van der Waals surface area contributed by atoms with Gasteiger partial charge in [-0.3, -0.25) is 4.90 Å². The molecular formula is C11H23NO2. The van der Waals surface area contributed by atoms with E-state index in [0.717, 1.165) is 5.92 Å². The molecule has 14 heavy (non-hydrogen) atoms. The summed E-state index contributed by atoms with van der Waals surface area (Å²) in [5.74, 6) is 0.800. The SMILES string of the molecule is C[C@@H]1CCC[C@H](N(CCO)CCO)C1. The van der Waals surface area contributed by atoms with Gasteiger partial charge in [0.25, 0.3) is 0 Å². The molecule has 3 nitrogen and oxygen atoms in total. The maximum atomic E-state index is 8.94. The largest absolute Gasteiger partial charge is 0.395 e. The van der Waals surface area contributed by atoms with Gasteiger partial charge in [0.05, 0.1) is 13.2 Å². The second kappa shape index (κ2) is 6.38. The van der Waals surface area contributed by atoms with Crippen molar-refractivity contribution in [3.63, 3.8) is 0 Å². The maximum absolute atomic E-state index is 8.94. The summed E-state index contributed by atoms with van der Waals surface area (Å²) >= 11 is 0. The Balaban J connectivity index is 2.39. The lowest BCUT2D eigenvalue weighted by molar-refractivity contribution is 0.0891. The fraction of sp³-hybridized carbons (Fsp3) is 1.00. The van der Waals surface area contributed by atoms with Crippen molar-refractivity contribution in [2.75, 3.05) is 26.3 Å². The number of aliphatic hydroxyl groups is 2. The van der Waals surface area contributed by atoms with Crippen LogP contribution in [0.5, 0.6) is 0 Å². The molecule has 2 atom stereocenters. The van der Waals surface area contributed by atoms with Crippen LogP contribution in [-0.2, 0) is 0 Å². The molecule has 84 valence electrons. The first-order valence-corrected chi connectivity index (χ1v) is 5.73. The molecule has 0 aromatic heterocycles. The summed E-state index contributed by atoms with van der Waals surface area (Å²) in [6, 6.07) is 0.582. The summed E-state index contributed by atoms with van der Waals surface area (Å²) in [6.45, 7) is 4.11. The zero-order chi connectivity index (χ0) is 10.4. The summed E-state index contributed by atoms with van der Waals surface area (Å²) in [7, 11) is 0. The highest BCUT2D eigenvalue weighted by Crippen LogP contribution is 2.26. The van der Waals surface area contributed by atoms with Crippen LogP contribution in [0.25, 0.3) is 0 Å². The number of hydrogen-bond acceptors (Lipinski definition) is 3. The van der Waals surface area contributed by atoms with Crippen LogP contribution >= 0.6 is 0 Å². The third kappa shape index (κ3) is 3.56. The first kappa shape index (κ1) is 12.0. The molecule has 0 spiro atoms. The summed E-state index contributed by atoms with van der Waals surface area (Å²) in [4.78, 5) is 2.23. The molecule has 0 heterocycles. The first-order valence-electron chi connectivity index (χ1n) is 5.73. The van der Waals surface area contributed by atoms with Crippen LogP contribution in [0.4, 0.5) is 0 Å². The molecular weight excluding hydrogens is 178 g/mol. The van der Waals surface area contributed by atoms with Gasteiger partial charge >= 0.3 is 0 Å². The third-order valence-electron chi connectivity index (χ3n) is 3.20. The normalized spacial score (nSPS) is 28.3. The van der Waals surface area contributed by atoms with E-state index in [9.17, 15) is 0 Å². The molecule has 1 fully saturated rings. The average molecular weight is 201 g/mol. The molecule has 0 amide bonds. The number of aliphatic hydroxyl groups excluding tert-OH is 2. The molecule has 0 bridgehead atoms. The van der Waals surface area contributed by atoms with Crippen LogP contribution in [0.2, 0.25) is 0 Å². The molecule has 2 N–H and O–H groups in total. The van der Waals surface area contributed by atoms with E-state index >= 15 is 0 Å². The van der Waals surface area contributed by atoms with Crippen LogP contribution in [0, 0.1) is 5.92 Å². The van der Waals surface area contributed by atoms with Gasteiger partial charge in [-0.25, -0.2) is 0 Å². The Bertz CT molecular complexity index is 143. The zero-order valence-electron chi connectivity index (χ0n) is 9.15. The van der Waals surface area contributed by atoms with E-state index in [0.29, 0.717) is 19.1 Å². The fourth-order valence-electron chi connectivity index (χ4n) is 2.47. The molecule has 0 saturated heterocycles. The third-order valence-corrected chi connectivity index (χ3v) is 3.20. The van der Waals surface area contributed by atoms with Crippen LogP contribution in [-0.4, -0.2) is 47.5 Å². The van der Waals surface area contributed by atoms with Gasteiger partial charge in [-0.15, -0.1) is 0 Å². The molecule has 0 aliphatic heterocycles. The Morgan fingerprint density at radius 3 is 2.29 bits per heavy atom. The van der Waals surface area contributed by atoms with Crippen molar-refractivity contribution in [1.82, 2.24) is 4.90 Å². The average Bonchev–Trinajstić information content (AvgIpc) is 2.17. The zero-order valence-corrected chi connectivity index (χ0v) is 9.15. The minimum absolute atomic E-state index is 0.199. The van der Waals surface area contributed by atoms with Gasteiger partial charge in [-0.1, -0.05) is 19.8 Å². The van der Waals surface area contributed by atoms with Gasteiger partial charge in [-0.2, -0.15) is 0 Å². The minimum Gasteiger partial charge on any atom is -0.395 e. The predicted octanol–water partition coefficient (Wildman–Crippen LogP) is 0.852. The number of hydrogen-bond donors (Lipinski definition) is 2. The molecule has 0 radical (unpaired) electrons. The molecule has 3 heteroatoms. The summed E-state index contributed by atoms with van der Waals surface area (Å²) in [5, 5.41) is 17.9. The molecule has 1 saturated carbocycles. The van der Waals surface area contributed by atoms with Crippen molar-refractivity contribution in [1.29, 1.82) is 0 Å². The monoisotopic (exact) mass is 201 g/mol. The van der Waals surface area contributed by atoms with E-state index in [-0.39, 0.29) is 13.2 Å². The van der Waals surface area contributed by atoms with Crippen molar-refractivity contribution >= 4 is 0 Å². The fourth-order valence-corrected chi connectivity index (χ4v) is 2.47. The summed E-state index contributed by atoms with van der Waals surface area (Å²) in [6.07, 6.45) is 5.08. The van der Waals surface area contributed by atoms with Gasteiger partial charge in [0.1, 0.15) is 0 Å². The Morgan fingerprint density at radius 1 is 1.14 bits per heavy atom. The number of rotatable bonds is 5. The van der Waals surface area contributed by atoms with Crippen LogP contribution < -0.4 is 0 Å². The lowest BCUT2D eigenvalue weighted by Gasteiger charge is -2.36. The van der Waals surface area contributed by atoms with Crippen molar-refractivity contribution < 1.29 is 10.2 Å². The van der Waals surface area contributed by atoms with E-state index in [1.807, 2.05) is 0 Å². The molecule has 1 aliphatic carbocycles. The molecule has 0 aromatic rings. The smallest absolute Gasteiger partial charge is 0.0558 e. The lowest BCUT2D eigenvalue weighted by Crippen LogP contribution is -2.41. The number of nitrogens with zero attached hydrogens (tertiary/aromatic N) is 1. The van der Waals surface area contributed by atoms with E-state index in [1.165, 1.54) is 25.7 Å². The van der Waals surface area contributed by atoms with E-state index in [4.69, 9.17) is 10.2 Å². The molecule has 0 unspecified atom stereocenters. The molecule has 1 aliphatic rings. The topological polar surface area (TPSA) is 43.7 Å². The van der Waals surface area contributed by atoms with Gasteiger partial charge in [-0.05, 0) is 18.8 Å². The highest BCUT2D eigenvalue weighted by molar-refractivity contribution is 4.78. The van der Waals surface area contributed by atoms with Crippen molar-refractivity contribution in [2.24, 2.45) is 5.92 Å². The minimum atomic E-state index is 0.199. The lowest BCUT2D eigenvalue weighted by atomic mass is 9.86. The van der Waals surface area contributed by atoms with Gasteiger partial charge < -0.3 is 10.2 Å². The second-order valence-corrected chi connectivity index (χ2v) is 4.41. The molecule has 0 aromatic carbocycles. The van der Waals surface area contributed by atoms with Crippen LogP contribution in [0.1, 0.15) is 32.6 Å². The first-order chi connectivity index (χ1) is 6.77. The highest BCUT2D eigenvalue weighted by atomic mass is 16.3. The maximum Gasteiger partial charge on any atom is 0.0558 e. The van der Waals surface area contributed by atoms with Gasteiger partial charge in [0.2, 0.25) is 0 Å². The van der Waals surface area contributed by atoms with Crippen molar-refractivity contribution in [3.05, 3.63) is 0 Å². The van der Waals surface area contributed by atoms with Gasteiger partial charge in [0.15, 0.2) is 0 Å². The van der Waals surface area contributed by atoms with Crippen LogP contribution in [0.15, 0.2) is 0 Å². The quantitative estimate of drug-likeness (QED) is 0.693. The Kier molecular flexibility index (Phi) is 5.45. The van der Waals surface area contributed by atoms with E-state index < -0.39 is 0 Å². The Hall–Kier alpha value is -0.120. The van der Waals surface area contributed by atoms with E-state index in [1.54, 1.807) is 0 Å². The van der Waals surface area contributed by atoms with Gasteiger partial charge in [0, 0.05) is 19.1 Å². The predicted molar refractivity (Wildman–Crippen MR) is 57.2 cm³/mol. The summed E-state index contributed by atoms with van der Waals surface area (Å²) < 4.78 is 0. The molecule has 1 rings (SSSR count). The van der Waals surface area contributed by atoms with E-state index in [2.05, 4.69) is 11.8 Å². The van der Waals surface area contributed by atoms with Crippen LogP contribution in [0.3, 0.4) is 0 Å². The van der Waals surface area contributed by atoms with Crippen molar-refractivity contribution in [3.8, 4) is 0 Å². The Morgan fingerprint density at radius 2 is 1.79 bits per heavy atom. The second-order valence-electron chi connectivity index (χ2n) is 4.41. The van der Waals surface area contributed by atoms with Crippen molar-refractivity contribution in [2.45, 2.75) is 38.6 Å². The highest BCUT2D eigenvalue weighted by Gasteiger charge is 2.23. The standard InChI is InChI=1S/C11H23NO2/c1-10-3-2-4-11(9-10)12(5-7-13)6-8-14/h10-11,13-14H,2-9H2,1H3/t10-,11+/m1/s1. The summed E-state index contributed by atoms with van der Waals surface area (Å²) in [5.41, 5.74) is 0. The Labute approximate surface area is 86.7 Å².